The van der Waals surface area contributed by atoms with E-state index >= 15 is 0 Å². The molecule has 2 amide bonds. The van der Waals surface area contributed by atoms with Gasteiger partial charge in [-0.2, -0.15) is 0 Å². The average molecular weight is 387 g/mol. The Hall–Kier alpha value is -2.44. The Labute approximate surface area is 164 Å². The second-order valence-corrected chi connectivity index (χ2v) is 6.98. The van der Waals surface area contributed by atoms with Crippen LogP contribution in [0.4, 0.5) is 5.69 Å². The van der Waals surface area contributed by atoms with Crippen LogP contribution < -0.4 is 5.32 Å². The summed E-state index contributed by atoms with van der Waals surface area (Å²) in [7, 11) is 0. The van der Waals surface area contributed by atoms with Gasteiger partial charge < -0.3 is 15.1 Å². The highest BCUT2D eigenvalue weighted by atomic mass is 35.5. The predicted molar refractivity (Wildman–Crippen MR) is 106 cm³/mol. The van der Waals surface area contributed by atoms with Crippen LogP contribution in [0.2, 0.25) is 5.02 Å². The van der Waals surface area contributed by atoms with Crippen LogP contribution in [0.25, 0.3) is 0 Å². The second kappa shape index (κ2) is 8.50. The number of nitrogens with one attached hydrogen (secondary N) is 1. The number of hydrogen-bond donors (Lipinski definition) is 1. The third-order valence-corrected chi connectivity index (χ3v) is 5.18. The van der Waals surface area contributed by atoms with Crippen LogP contribution in [0.1, 0.15) is 33.3 Å². The molecule has 27 heavy (non-hydrogen) atoms. The summed E-state index contributed by atoms with van der Waals surface area (Å²) in [5, 5.41) is 3.39. The molecule has 0 radical (unpaired) electrons. The molecule has 0 atom stereocenters. The van der Waals surface area contributed by atoms with Crippen molar-refractivity contribution < 1.29 is 9.59 Å². The van der Waals surface area contributed by atoms with Gasteiger partial charge in [0, 0.05) is 48.6 Å². The van der Waals surface area contributed by atoms with E-state index in [4.69, 9.17) is 11.6 Å². The Bertz CT molecular complexity index is 848. The summed E-state index contributed by atoms with van der Waals surface area (Å²) in [6.45, 7) is 8.06. The monoisotopic (exact) mass is 386 g/mol. The largest absolute Gasteiger partial charge is 0.335 e. The van der Waals surface area contributed by atoms with Gasteiger partial charge in [0.15, 0.2) is 0 Å². The van der Waals surface area contributed by atoms with Crippen LogP contribution in [0, 0.1) is 6.92 Å². The van der Waals surface area contributed by atoms with E-state index in [1.54, 1.807) is 29.2 Å². The summed E-state index contributed by atoms with van der Waals surface area (Å²) in [6, 6.07) is 8.47. The third-order valence-electron chi connectivity index (χ3n) is 4.78. The van der Waals surface area contributed by atoms with Crippen molar-refractivity contribution in [1.29, 1.82) is 0 Å². The Morgan fingerprint density at radius 3 is 2.56 bits per heavy atom. The molecule has 0 unspecified atom stereocenters. The summed E-state index contributed by atoms with van der Waals surface area (Å²) in [5.74, 6) is -0.444. The molecule has 0 bridgehead atoms. The SMILES string of the molecule is CCN1CCN(C(=O)c2cc(C(=O)Nc3ccc(C)c(Cl)c3)ccn2)CC1. The van der Waals surface area contributed by atoms with E-state index in [9.17, 15) is 9.59 Å². The maximum Gasteiger partial charge on any atom is 0.272 e. The summed E-state index contributed by atoms with van der Waals surface area (Å²) in [6.07, 6.45) is 1.49. The topological polar surface area (TPSA) is 65.5 Å². The van der Waals surface area contributed by atoms with Crippen molar-refractivity contribution in [1.82, 2.24) is 14.8 Å². The lowest BCUT2D eigenvalue weighted by atomic mass is 10.1. The molecule has 1 saturated heterocycles. The molecule has 6 nitrogen and oxygen atoms in total. The Morgan fingerprint density at radius 2 is 1.89 bits per heavy atom. The lowest BCUT2D eigenvalue weighted by Crippen LogP contribution is -2.48. The normalized spacial score (nSPS) is 14.9. The molecule has 3 rings (SSSR count). The van der Waals surface area contributed by atoms with Crippen LogP contribution in [0.5, 0.6) is 0 Å². The van der Waals surface area contributed by atoms with Crippen molar-refractivity contribution in [3.63, 3.8) is 0 Å². The summed E-state index contributed by atoms with van der Waals surface area (Å²) in [4.78, 5) is 33.5. The van der Waals surface area contributed by atoms with Gasteiger partial charge in [0.1, 0.15) is 5.69 Å². The van der Waals surface area contributed by atoms with Crippen molar-refractivity contribution in [3.05, 3.63) is 58.4 Å². The fraction of sp³-hybridized carbons (Fsp3) is 0.350. The fourth-order valence-corrected chi connectivity index (χ4v) is 3.17. The van der Waals surface area contributed by atoms with Gasteiger partial charge >= 0.3 is 0 Å². The maximum atomic E-state index is 12.7. The number of halogens is 1. The molecule has 0 spiro atoms. The van der Waals surface area contributed by atoms with E-state index in [1.165, 1.54) is 6.20 Å². The number of amides is 2. The minimum atomic E-state index is -0.304. The minimum Gasteiger partial charge on any atom is -0.335 e. The number of anilines is 1. The number of aryl methyl sites for hydroxylation is 1. The molecule has 1 aliphatic rings. The molecule has 1 aromatic carbocycles. The zero-order chi connectivity index (χ0) is 19.4. The lowest BCUT2D eigenvalue weighted by Gasteiger charge is -2.33. The number of rotatable bonds is 4. The highest BCUT2D eigenvalue weighted by Gasteiger charge is 2.23. The second-order valence-electron chi connectivity index (χ2n) is 6.57. The maximum absolute atomic E-state index is 12.7. The molecule has 0 aliphatic carbocycles. The van der Waals surface area contributed by atoms with Crippen LogP contribution >= 0.6 is 11.6 Å². The van der Waals surface area contributed by atoms with Gasteiger partial charge in [-0.05, 0) is 43.3 Å². The van der Waals surface area contributed by atoms with Gasteiger partial charge in [0.25, 0.3) is 11.8 Å². The number of pyridine rings is 1. The molecule has 1 N–H and O–H groups in total. The minimum absolute atomic E-state index is 0.140. The number of benzene rings is 1. The molecule has 1 aliphatic heterocycles. The molecule has 7 heteroatoms. The van der Waals surface area contributed by atoms with Gasteiger partial charge in [-0.3, -0.25) is 14.6 Å². The molecule has 1 aromatic heterocycles. The number of hydrogen-bond acceptors (Lipinski definition) is 4. The van der Waals surface area contributed by atoms with Crippen LogP contribution in [-0.2, 0) is 0 Å². The molecule has 2 aromatic rings. The predicted octanol–water partition coefficient (Wildman–Crippen LogP) is 3.07. The average Bonchev–Trinajstić information content (AvgIpc) is 2.70. The smallest absolute Gasteiger partial charge is 0.272 e. The van der Waals surface area contributed by atoms with Gasteiger partial charge in [0.05, 0.1) is 0 Å². The molecule has 0 saturated carbocycles. The molecular weight excluding hydrogens is 364 g/mol. The van der Waals surface area contributed by atoms with Crippen molar-refractivity contribution in [2.24, 2.45) is 0 Å². The Morgan fingerprint density at radius 1 is 1.15 bits per heavy atom. The quantitative estimate of drug-likeness (QED) is 0.877. The van der Waals surface area contributed by atoms with E-state index in [-0.39, 0.29) is 17.5 Å². The molecule has 142 valence electrons. The molecule has 2 heterocycles. The molecular formula is C20H23ClN4O2. The highest BCUT2D eigenvalue weighted by Crippen LogP contribution is 2.20. The first-order chi connectivity index (χ1) is 13.0. The van der Waals surface area contributed by atoms with Crippen molar-refractivity contribution >= 4 is 29.1 Å². The van der Waals surface area contributed by atoms with E-state index in [0.717, 1.165) is 25.2 Å². The van der Waals surface area contributed by atoms with Gasteiger partial charge in [-0.1, -0.05) is 24.6 Å². The van der Waals surface area contributed by atoms with Crippen molar-refractivity contribution in [2.45, 2.75) is 13.8 Å². The number of piperazine rings is 1. The first-order valence-corrected chi connectivity index (χ1v) is 9.41. The van der Waals surface area contributed by atoms with Gasteiger partial charge in [-0.15, -0.1) is 0 Å². The van der Waals surface area contributed by atoms with Gasteiger partial charge in [0.2, 0.25) is 0 Å². The van der Waals surface area contributed by atoms with Crippen LogP contribution in [-0.4, -0.2) is 59.3 Å². The van der Waals surface area contributed by atoms with E-state index < -0.39 is 0 Å². The van der Waals surface area contributed by atoms with Crippen LogP contribution in [0.3, 0.4) is 0 Å². The molecule has 1 fully saturated rings. The first-order valence-electron chi connectivity index (χ1n) is 9.03. The number of carbonyl (C=O) groups excluding carboxylic acids is 2. The van der Waals surface area contributed by atoms with Crippen molar-refractivity contribution in [2.75, 3.05) is 38.0 Å². The summed E-state index contributed by atoms with van der Waals surface area (Å²) in [5.41, 5.74) is 2.22. The summed E-state index contributed by atoms with van der Waals surface area (Å²) >= 11 is 6.10. The zero-order valence-corrected chi connectivity index (χ0v) is 16.3. The standard InChI is InChI=1S/C20H23ClN4O2/c1-3-24-8-10-25(11-9-24)20(27)18-12-15(6-7-22-18)19(26)23-16-5-4-14(2)17(21)13-16/h4-7,12-13H,3,8-11H2,1-2H3,(H,23,26). The van der Waals surface area contributed by atoms with Crippen molar-refractivity contribution in [3.8, 4) is 0 Å². The number of carbonyl (C=O) groups is 2. The van der Waals surface area contributed by atoms with E-state index in [0.29, 0.717) is 29.4 Å². The van der Waals surface area contributed by atoms with Gasteiger partial charge in [-0.25, -0.2) is 0 Å². The fourth-order valence-electron chi connectivity index (χ4n) is 2.99. The van der Waals surface area contributed by atoms with E-state index in [1.807, 2.05) is 13.0 Å². The Kier molecular flexibility index (Phi) is 6.08. The number of likely N-dealkylation sites (N-methyl/N-ethyl adjacent to an activating group) is 1. The first kappa shape index (κ1) is 19.3. The lowest BCUT2D eigenvalue weighted by molar-refractivity contribution is 0.0637. The van der Waals surface area contributed by atoms with E-state index in [2.05, 4.69) is 22.1 Å². The van der Waals surface area contributed by atoms with Crippen LogP contribution in [0.15, 0.2) is 36.5 Å². The zero-order valence-electron chi connectivity index (χ0n) is 15.5. The number of nitrogens with zero attached hydrogens (tertiary/aromatic N) is 3. The Balaban J connectivity index is 1.70. The number of aromatic nitrogens is 1. The highest BCUT2D eigenvalue weighted by molar-refractivity contribution is 6.31. The third kappa shape index (κ3) is 4.64. The summed E-state index contributed by atoms with van der Waals surface area (Å²) < 4.78 is 0.